The fourth-order valence-corrected chi connectivity index (χ4v) is 12.1. The molecule has 0 radical (unpaired) electrons. The van der Waals surface area contributed by atoms with Gasteiger partial charge >= 0.3 is 0 Å². The van der Waals surface area contributed by atoms with Gasteiger partial charge in [0.15, 0.2) is 0 Å². The molecule has 2 aliphatic carbocycles. The van der Waals surface area contributed by atoms with Gasteiger partial charge in [0.25, 0.3) is 0 Å². The van der Waals surface area contributed by atoms with Gasteiger partial charge in [0.05, 0.1) is 11.4 Å². The number of fused-ring (bicyclic) bond motifs is 9. The molecule has 5 aromatic carbocycles. The number of allylic oxidation sites excluding steroid dienone is 6. The lowest BCUT2D eigenvalue weighted by molar-refractivity contribution is 0.556. The zero-order chi connectivity index (χ0) is 34.2. The number of hydrogen-bond acceptors (Lipinski definition) is 3. The third kappa shape index (κ3) is 4.17. The van der Waals surface area contributed by atoms with Crippen molar-refractivity contribution in [2.24, 2.45) is 0 Å². The van der Waals surface area contributed by atoms with Crippen molar-refractivity contribution in [2.75, 3.05) is 4.90 Å². The zero-order valence-electron chi connectivity index (χ0n) is 29.5. The Morgan fingerprint density at radius 2 is 1.39 bits per heavy atom. The van der Waals surface area contributed by atoms with Crippen LogP contribution >= 0.6 is 23.1 Å². The molecule has 0 saturated heterocycles. The van der Waals surface area contributed by atoms with Crippen LogP contribution in [-0.2, 0) is 10.8 Å². The van der Waals surface area contributed by atoms with Crippen LogP contribution < -0.4 is 4.90 Å². The fourth-order valence-electron chi connectivity index (χ4n) is 9.71. The lowest BCUT2D eigenvalue weighted by Crippen LogP contribution is -2.41. The molecule has 6 aromatic rings. The molecule has 2 atom stereocenters. The highest BCUT2D eigenvalue weighted by Gasteiger charge is 2.46. The number of benzene rings is 5. The maximum absolute atomic E-state index is 2.63. The van der Waals surface area contributed by atoms with Crippen molar-refractivity contribution in [1.29, 1.82) is 0 Å². The molecule has 3 aliphatic heterocycles. The number of hydrogen-bond donors (Lipinski definition) is 0. The van der Waals surface area contributed by atoms with E-state index in [-0.39, 0.29) is 10.8 Å². The Hall–Kier alpha value is -4.57. The van der Waals surface area contributed by atoms with Crippen LogP contribution in [0.2, 0.25) is 0 Å². The molecular weight excluding hydrogens is 655 g/mol. The van der Waals surface area contributed by atoms with E-state index in [1.165, 1.54) is 86.6 Å². The van der Waals surface area contributed by atoms with E-state index < -0.39 is 0 Å². The van der Waals surface area contributed by atoms with Crippen LogP contribution in [0.4, 0.5) is 11.4 Å². The van der Waals surface area contributed by atoms with Crippen LogP contribution in [-0.4, -0.2) is 5.25 Å². The Bertz CT molecular complexity index is 2640. The minimum Gasteiger partial charge on any atom is -0.310 e. The summed E-state index contributed by atoms with van der Waals surface area (Å²) >= 11 is 3.90. The van der Waals surface area contributed by atoms with E-state index in [9.17, 15) is 0 Å². The first kappa shape index (κ1) is 30.1. The monoisotopic (exact) mass is 693 g/mol. The molecule has 0 saturated carbocycles. The molecule has 11 rings (SSSR count). The van der Waals surface area contributed by atoms with Gasteiger partial charge in [-0.15, -0.1) is 23.1 Å². The van der Waals surface area contributed by atoms with Crippen molar-refractivity contribution in [3.05, 3.63) is 161 Å². The normalized spacial score (nSPS) is 21.5. The number of thioether (sulfide) groups is 1. The first-order chi connectivity index (χ1) is 24.8. The van der Waals surface area contributed by atoms with E-state index in [0.29, 0.717) is 11.2 Å². The number of nitrogens with zero attached hydrogens (tertiary/aromatic N) is 1. The van der Waals surface area contributed by atoms with Crippen molar-refractivity contribution in [3.8, 4) is 22.3 Å². The van der Waals surface area contributed by atoms with E-state index in [4.69, 9.17) is 0 Å². The van der Waals surface area contributed by atoms with Crippen LogP contribution in [0.1, 0.15) is 68.7 Å². The molecule has 0 amide bonds. The van der Waals surface area contributed by atoms with Gasteiger partial charge < -0.3 is 4.90 Å². The third-order valence-corrected chi connectivity index (χ3v) is 15.0. The van der Waals surface area contributed by atoms with Gasteiger partial charge in [0.2, 0.25) is 0 Å². The van der Waals surface area contributed by atoms with Gasteiger partial charge in [-0.2, -0.15) is 0 Å². The highest BCUT2D eigenvalue weighted by atomic mass is 32.2. The Morgan fingerprint density at radius 1 is 0.667 bits per heavy atom. The lowest BCUT2D eigenvalue weighted by atomic mass is 9.64. The van der Waals surface area contributed by atoms with Gasteiger partial charge in [0, 0.05) is 52.8 Å². The Labute approximate surface area is 308 Å². The minimum absolute atomic E-state index is 0.0719. The molecule has 5 aliphatic rings. The summed E-state index contributed by atoms with van der Waals surface area (Å²) in [6, 6.07) is 35.5. The average Bonchev–Trinajstić information content (AvgIpc) is 3.72. The lowest BCUT2D eigenvalue weighted by Gasteiger charge is -2.51. The van der Waals surface area contributed by atoms with Crippen molar-refractivity contribution >= 4 is 54.6 Å². The Kier molecular flexibility index (Phi) is 6.19. The summed E-state index contributed by atoms with van der Waals surface area (Å²) in [6.07, 6.45) is 16.2. The number of rotatable bonds is 2. The van der Waals surface area contributed by atoms with Crippen molar-refractivity contribution < 1.29 is 0 Å². The second kappa shape index (κ2) is 10.5. The quantitative estimate of drug-likeness (QED) is 0.178. The predicted molar refractivity (Wildman–Crippen MR) is 220 cm³/mol. The van der Waals surface area contributed by atoms with Crippen LogP contribution in [0.5, 0.6) is 0 Å². The Morgan fingerprint density at radius 3 is 2.29 bits per heavy atom. The molecule has 0 spiro atoms. The summed E-state index contributed by atoms with van der Waals surface area (Å²) in [6.45, 7) is 9.85. The third-order valence-electron chi connectivity index (χ3n) is 12.5. The van der Waals surface area contributed by atoms with E-state index in [0.717, 1.165) is 12.8 Å². The highest BCUT2D eigenvalue weighted by Crippen LogP contribution is 2.60. The summed E-state index contributed by atoms with van der Waals surface area (Å²) in [7, 11) is 0. The topological polar surface area (TPSA) is 3.24 Å². The summed E-state index contributed by atoms with van der Waals surface area (Å²) < 4.78 is 2.70. The highest BCUT2D eigenvalue weighted by molar-refractivity contribution is 8.00. The average molecular weight is 694 g/mol. The second-order valence-electron chi connectivity index (χ2n) is 16.0. The summed E-state index contributed by atoms with van der Waals surface area (Å²) in [4.78, 5) is 4.06. The predicted octanol–water partition coefficient (Wildman–Crippen LogP) is 13.7. The zero-order valence-corrected chi connectivity index (χ0v) is 31.1. The first-order valence-corrected chi connectivity index (χ1v) is 20.1. The van der Waals surface area contributed by atoms with Gasteiger partial charge in [-0.3, -0.25) is 0 Å². The van der Waals surface area contributed by atoms with Crippen molar-refractivity contribution in [3.63, 3.8) is 0 Å². The van der Waals surface area contributed by atoms with Crippen molar-refractivity contribution in [1.82, 2.24) is 0 Å². The fraction of sp³-hybridized carbons (Fsp3) is 0.208. The Balaban J connectivity index is 1.12. The molecule has 1 nitrogen and oxygen atoms in total. The molecule has 0 fully saturated rings. The minimum atomic E-state index is -0.206. The molecule has 0 N–H and O–H groups in total. The van der Waals surface area contributed by atoms with Gasteiger partial charge in [-0.1, -0.05) is 94.5 Å². The molecule has 0 bridgehead atoms. The van der Waals surface area contributed by atoms with Gasteiger partial charge in [0.1, 0.15) is 0 Å². The van der Waals surface area contributed by atoms with E-state index in [2.05, 4.69) is 160 Å². The maximum Gasteiger partial charge on any atom is 0.0543 e. The van der Waals surface area contributed by atoms with Crippen LogP contribution in [0, 0.1) is 0 Å². The van der Waals surface area contributed by atoms with E-state index in [1.54, 1.807) is 5.57 Å². The second-order valence-corrected chi connectivity index (χ2v) is 18.3. The molecule has 4 heterocycles. The maximum atomic E-state index is 2.63. The summed E-state index contributed by atoms with van der Waals surface area (Å²) in [5.74, 6) is 0.452. The molecule has 1 aromatic heterocycles. The molecular formula is C48H39NS2. The first-order valence-electron chi connectivity index (χ1n) is 18.4. The molecule has 248 valence electrons. The smallest absolute Gasteiger partial charge is 0.0543 e. The van der Waals surface area contributed by atoms with Crippen molar-refractivity contribution in [2.45, 2.75) is 67.4 Å². The summed E-state index contributed by atoms with van der Waals surface area (Å²) in [5, 5.41) is 3.21. The van der Waals surface area contributed by atoms with E-state index >= 15 is 0 Å². The number of thiophene rings is 1. The molecule has 3 heteroatoms. The molecule has 2 unspecified atom stereocenters. The SMILES string of the molecule is CC1(C)C2=C(C=CCC2)N2c3ccc(-c4ccc5sc6ccccc6c5c4)cc3C(C)(C)c3cc(-c4ccc5c(c4)C4C=CC=CC4S5)cc1c32. The van der Waals surface area contributed by atoms with Crippen LogP contribution in [0.3, 0.4) is 0 Å². The number of anilines is 2. The molecule has 51 heavy (non-hydrogen) atoms. The van der Waals surface area contributed by atoms with Crippen LogP contribution in [0.15, 0.2) is 144 Å². The van der Waals surface area contributed by atoms with Crippen LogP contribution in [0.25, 0.3) is 42.4 Å². The van der Waals surface area contributed by atoms with Gasteiger partial charge in [-0.05, 0) is 124 Å². The van der Waals surface area contributed by atoms with Gasteiger partial charge in [-0.25, -0.2) is 0 Å². The largest absolute Gasteiger partial charge is 0.310 e. The summed E-state index contributed by atoms with van der Waals surface area (Å²) in [5.41, 5.74) is 16.3. The van der Waals surface area contributed by atoms with E-state index in [1.807, 2.05) is 23.1 Å². The standard InChI is InChI=1S/C48H39NS2/c1-47(2)36-13-7-8-14-40(36)49-41-20-17-30(28-18-21-44-34(23-28)32-11-5-9-15-42(32)50-44)25-37(41)48(3,4)39-27-31(26-38(47)46(39)49)29-19-22-45-35(24-29)33-12-6-10-16-43(33)51-45/h5-6,8-12,14-27,33,43H,7,13H2,1-4H3.